The van der Waals surface area contributed by atoms with Crippen LogP contribution in [0.2, 0.25) is 0 Å². The van der Waals surface area contributed by atoms with Gasteiger partial charge in [-0.05, 0) is 66.6 Å². The number of methoxy groups -OCH3 is 1. The Bertz CT molecular complexity index is 581. The molecule has 1 amide bonds. The fourth-order valence-electron chi connectivity index (χ4n) is 1.87. The molecule has 1 aromatic rings. The number of ether oxygens (including phenoxy) is 1. The van der Waals surface area contributed by atoms with E-state index >= 15 is 0 Å². The van der Waals surface area contributed by atoms with Crippen molar-refractivity contribution in [3.63, 3.8) is 0 Å². The first-order valence-electron chi connectivity index (χ1n) is 6.97. The van der Waals surface area contributed by atoms with Crippen molar-refractivity contribution in [1.82, 2.24) is 4.90 Å². The molecule has 0 fully saturated rings. The highest BCUT2D eigenvalue weighted by Gasteiger charge is 2.42. The van der Waals surface area contributed by atoms with Crippen molar-refractivity contribution >= 4 is 28.5 Å². The number of carbonyl (C=O) groups excluding carboxylic acids is 1. The van der Waals surface area contributed by atoms with Crippen molar-refractivity contribution < 1.29 is 22.7 Å². The van der Waals surface area contributed by atoms with Gasteiger partial charge in [0.1, 0.15) is 5.75 Å². The van der Waals surface area contributed by atoms with E-state index in [1.165, 1.54) is 7.11 Å². The highest BCUT2D eigenvalue weighted by atomic mass is 127. The minimum absolute atomic E-state index is 0.00864. The molecule has 0 saturated heterocycles. The highest BCUT2D eigenvalue weighted by molar-refractivity contribution is 14.1. The quantitative estimate of drug-likeness (QED) is 0.490. The Labute approximate surface area is 147 Å². The maximum Gasteiger partial charge on any atom is 0.471 e. The summed E-state index contributed by atoms with van der Waals surface area (Å²) in [6.07, 6.45) is -2.93. The van der Waals surface area contributed by atoms with Crippen LogP contribution in [0.15, 0.2) is 29.8 Å². The summed E-state index contributed by atoms with van der Waals surface area (Å²) in [4.78, 5) is 12.4. The van der Waals surface area contributed by atoms with Crippen LogP contribution in [-0.2, 0) is 11.2 Å². The first-order chi connectivity index (χ1) is 10.6. The Morgan fingerprint density at radius 3 is 2.52 bits per heavy atom. The summed E-state index contributed by atoms with van der Waals surface area (Å²) in [5, 5.41) is 0. The third-order valence-electron chi connectivity index (χ3n) is 3.15. The summed E-state index contributed by atoms with van der Waals surface area (Å²) in [5.74, 6) is -1.17. The molecule has 128 valence electrons. The summed E-state index contributed by atoms with van der Waals surface area (Å²) in [7, 11) is 1.53. The molecular weight excluding hydrogens is 422 g/mol. The lowest BCUT2D eigenvalue weighted by Crippen LogP contribution is -2.42. The van der Waals surface area contributed by atoms with Gasteiger partial charge in [-0.25, -0.2) is 0 Å². The van der Waals surface area contributed by atoms with Crippen LogP contribution in [0.25, 0.3) is 0 Å². The zero-order valence-corrected chi connectivity index (χ0v) is 15.4. The molecule has 0 bridgehead atoms. The standard InChI is InChI=1S/C16H19F3INO2/c1-11(2)6-8-21(15(22)16(17,18)19)9-7-12-10-13(23-3)4-5-14(12)20/h4-6,10H,7-9H2,1-3H3. The van der Waals surface area contributed by atoms with Gasteiger partial charge in [0, 0.05) is 16.7 Å². The van der Waals surface area contributed by atoms with Gasteiger partial charge < -0.3 is 9.64 Å². The summed E-state index contributed by atoms with van der Waals surface area (Å²) in [6.45, 7) is 3.50. The number of benzene rings is 1. The number of hydrogen-bond donors (Lipinski definition) is 0. The van der Waals surface area contributed by atoms with Crippen LogP contribution in [-0.4, -0.2) is 37.2 Å². The summed E-state index contributed by atoms with van der Waals surface area (Å²) < 4.78 is 44.2. The van der Waals surface area contributed by atoms with E-state index in [0.717, 1.165) is 19.6 Å². The molecule has 0 heterocycles. The van der Waals surface area contributed by atoms with Crippen molar-refractivity contribution in [3.8, 4) is 5.75 Å². The Morgan fingerprint density at radius 2 is 2.00 bits per heavy atom. The first kappa shape index (κ1) is 19.8. The Hall–Kier alpha value is -1.25. The number of nitrogens with zero attached hydrogens (tertiary/aromatic N) is 1. The number of allylic oxidation sites excluding steroid dienone is 1. The maximum absolute atomic E-state index is 12.7. The Balaban J connectivity index is 2.89. The summed E-state index contributed by atoms with van der Waals surface area (Å²) in [5.41, 5.74) is 1.71. The Kier molecular flexibility index (Phi) is 7.37. The molecule has 0 radical (unpaired) electrons. The number of halogens is 4. The minimum atomic E-state index is -4.86. The van der Waals surface area contributed by atoms with E-state index in [2.05, 4.69) is 22.6 Å². The van der Waals surface area contributed by atoms with E-state index in [4.69, 9.17) is 4.74 Å². The molecule has 1 aromatic carbocycles. The molecule has 0 aliphatic rings. The van der Waals surface area contributed by atoms with Crippen LogP contribution in [0.1, 0.15) is 19.4 Å². The highest BCUT2D eigenvalue weighted by Crippen LogP contribution is 2.22. The lowest BCUT2D eigenvalue weighted by atomic mass is 10.1. The molecule has 0 spiro atoms. The predicted octanol–water partition coefficient (Wildman–Crippen LogP) is 4.20. The maximum atomic E-state index is 12.7. The topological polar surface area (TPSA) is 29.5 Å². The smallest absolute Gasteiger partial charge is 0.471 e. The average Bonchev–Trinajstić information content (AvgIpc) is 2.47. The van der Waals surface area contributed by atoms with Gasteiger partial charge in [0.15, 0.2) is 0 Å². The zero-order valence-electron chi connectivity index (χ0n) is 13.2. The lowest BCUT2D eigenvalue weighted by Gasteiger charge is -2.23. The average molecular weight is 441 g/mol. The van der Waals surface area contributed by atoms with Crippen molar-refractivity contribution in [3.05, 3.63) is 39.0 Å². The SMILES string of the molecule is COc1ccc(I)c(CCN(CC=C(C)C)C(=O)C(F)(F)F)c1. The second-order valence-electron chi connectivity index (χ2n) is 5.24. The van der Waals surface area contributed by atoms with Gasteiger partial charge in [-0.3, -0.25) is 4.79 Å². The third-order valence-corrected chi connectivity index (χ3v) is 4.21. The van der Waals surface area contributed by atoms with Crippen LogP contribution in [0.5, 0.6) is 5.75 Å². The molecule has 0 saturated carbocycles. The number of amides is 1. The second kappa shape index (κ2) is 8.56. The molecule has 0 unspecified atom stereocenters. The van der Waals surface area contributed by atoms with E-state index in [9.17, 15) is 18.0 Å². The molecule has 0 aromatic heterocycles. The molecule has 3 nitrogen and oxygen atoms in total. The molecule has 0 aliphatic carbocycles. The molecule has 7 heteroatoms. The van der Waals surface area contributed by atoms with Crippen LogP contribution >= 0.6 is 22.6 Å². The van der Waals surface area contributed by atoms with Crippen molar-refractivity contribution in [1.29, 1.82) is 0 Å². The fourth-order valence-corrected chi connectivity index (χ4v) is 2.48. The zero-order chi connectivity index (χ0) is 17.6. The van der Waals surface area contributed by atoms with E-state index in [1.54, 1.807) is 32.1 Å². The van der Waals surface area contributed by atoms with E-state index < -0.39 is 12.1 Å². The molecule has 0 atom stereocenters. The van der Waals surface area contributed by atoms with Crippen molar-refractivity contribution in [2.24, 2.45) is 0 Å². The Morgan fingerprint density at radius 1 is 1.35 bits per heavy atom. The summed E-state index contributed by atoms with van der Waals surface area (Å²) in [6, 6.07) is 5.40. The fraction of sp³-hybridized carbons (Fsp3) is 0.438. The van der Waals surface area contributed by atoms with E-state index in [1.807, 2.05) is 6.07 Å². The molecule has 0 aliphatic heterocycles. The molecular formula is C16H19F3INO2. The van der Waals surface area contributed by atoms with Gasteiger partial charge in [0.2, 0.25) is 0 Å². The largest absolute Gasteiger partial charge is 0.497 e. The van der Waals surface area contributed by atoms with Gasteiger partial charge >= 0.3 is 12.1 Å². The van der Waals surface area contributed by atoms with Crippen LogP contribution in [0.3, 0.4) is 0 Å². The summed E-state index contributed by atoms with van der Waals surface area (Å²) >= 11 is 2.11. The van der Waals surface area contributed by atoms with Gasteiger partial charge in [-0.15, -0.1) is 0 Å². The molecule has 1 rings (SSSR count). The minimum Gasteiger partial charge on any atom is -0.497 e. The lowest BCUT2D eigenvalue weighted by molar-refractivity contribution is -0.184. The van der Waals surface area contributed by atoms with Crippen LogP contribution < -0.4 is 4.74 Å². The van der Waals surface area contributed by atoms with E-state index in [-0.39, 0.29) is 13.1 Å². The number of rotatable bonds is 6. The number of hydrogen-bond acceptors (Lipinski definition) is 2. The first-order valence-corrected chi connectivity index (χ1v) is 8.05. The van der Waals surface area contributed by atoms with Crippen LogP contribution in [0.4, 0.5) is 13.2 Å². The van der Waals surface area contributed by atoms with Gasteiger partial charge in [-0.2, -0.15) is 13.2 Å². The van der Waals surface area contributed by atoms with Crippen molar-refractivity contribution in [2.45, 2.75) is 26.4 Å². The van der Waals surface area contributed by atoms with Gasteiger partial charge in [0.25, 0.3) is 0 Å². The van der Waals surface area contributed by atoms with Crippen LogP contribution in [0, 0.1) is 3.57 Å². The number of carbonyl (C=O) groups is 1. The van der Waals surface area contributed by atoms with Crippen molar-refractivity contribution in [2.75, 3.05) is 20.2 Å². The number of alkyl halides is 3. The second-order valence-corrected chi connectivity index (χ2v) is 6.40. The van der Waals surface area contributed by atoms with Gasteiger partial charge in [0.05, 0.1) is 7.11 Å². The third kappa shape index (κ3) is 6.40. The predicted molar refractivity (Wildman–Crippen MR) is 91.5 cm³/mol. The molecule has 23 heavy (non-hydrogen) atoms. The van der Waals surface area contributed by atoms with Gasteiger partial charge in [-0.1, -0.05) is 11.6 Å². The molecule has 0 N–H and O–H groups in total. The normalized spacial score (nSPS) is 11.1. The van der Waals surface area contributed by atoms with E-state index in [0.29, 0.717) is 12.2 Å². The monoisotopic (exact) mass is 441 g/mol.